The van der Waals surface area contributed by atoms with Gasteiger partial charge in [-0.2, -0.15) is 13.2 Å². The van der Waals surface area contributed by atoms with Crippen LogP contribution in [-0.4, -0.2) is 12.1 Å². The van der Waals surface area contributed by atoms with Crippen LogP contribution in [0.1, 0.15) is 12.5 Å². The Morgan fingerprint density at radius 2 is 1.78 bits per heavy atom. The van der Waals surface area contributed by atoms with E-state index < -0.39 is 23.4 Å². The number of rotatable bonds is 3. The number of hydrogen-bond acceptors (Lipinski definition) is 1. The molecule has 1 aromatic rings. The second kappa shape index (κ2) is 4.80. The fraction of sp³-hybridized carbons (Fsp3) is 0.250. The van der Waals surface area contributed by atoms with Gasteiger partial charge in [0.1, 0.15) is 5.82 Å². The molecule has 1 N–H and O–H groups in total. The first-order valence-corrected chi connectivity index (χ1v) is 4.98. The van der Waals surface area contributed by atoms with E-state index in [-0.39, 0.29) is 5.56 Å². The van der Waals surface area contributed by atoms with Crippen LogP contribution >= 0.6 is 0 Å². The molecule has 0 fully saturated rings. The molecule has 0 aliphatic carbocycles. The molecule has 0 aliphatic heterocycles. The zero-order chi connectivity index (χ0) is 14.0. The van der Waals surface area contributed by atoms with Crippen molar-refractivity contribution in [3.8, 4) is 0 Å². The lowest BCUT2D eigenvalue weighted by molar-refractivity contribution is -0.196. The molecule has 2 nitrogen and oxygen atoms in total. The van der Waals surface area contributed by atoms with Crippen LogP contribution in [0.25, 0.3) is 0 Å². The van der Waals surface area contributed by atoms with Gasteiger partial charge < -0.3 is 5.32 Å². The molecule has 18 heavy (non-hydrogen) atoms. The minimum absolute atomic E-state index is 0.258. The number of benzene rings is 1. The van der Waals surface area contributed by atoms with Crippen molar-refractivity contribution in [3.63, 3.8) is 0 Å². The lowest BCUT2D eigenvalue weighted by atomic mass is 9.91. The van der Waals surface area contributed by atoms with E-state index in [1.807, 2.05) is 5.32 Å². The van der Waals surface area contributed by atoms with Gasteiger partial charge in [-0.15, -0.1) is 0 Å². The Balaban J connectivity index is 3.24. The summed E-state index contributed by atoms with van der Waals surface area (Å²) in [4.78, 5) is 11.1. The monoisotopic (exact) mass is 261 g/mol. The standard InChI is InChI=1S/C12H11F4NO/c1-3-10(18)17-11(2,12(14,15)16)8-4-6-9(13)7-5-8/h3-7H,1H2,2H3,(H,17,18). The van der Waals surface area contributed by atoms with E-state index >= 15 is 0 Å². The van der Waals surface area contributed by atoms with Gasteiger partial charge in [-0.3, -0.25) is 4.79 Å². The third-order valence-electron chi connectivity index (χ3n) is 2.55. The van der Waals surface area contributed by atoms with Crippen molar-refractivity contribution in [1.82, 2.24) is 5.32 Å². The molecular formula is C12H11F4NO. The molecule has 1 aromatic carbocycles. The molecule has 0 heterocycles. The highest BCUT2D eigenvalue weighted by Crippen LogP contribution is 2.38. The largest absolute Gasteiger partial charge is 0.415 e. The number of carbonyl (C=O) groups excluding carboxylic acids is 1. The first-order valence-electron chi connectivity index (χ1n) is 4.98. The predicted octanol–water partition coefficient (Wildman–Crippen LogP) is 2.91. The van der Waals surface area contributed by atoms with Gasteiger partial charge in [-0.25, -0.2) is 4.39 Å². The normalized spacial score (nSPS) is 14.7. The molecule has 0 aliphatic rings. The van der Waals surface area contributed by atoms with Crippen LogP contribution in [-0.2, 0) is 10.3 Å². The summed E-state index contributed by atoms with van der Waals surface area (Å²) in [5.74, 6) is -1.61. The van der Waals surface area contributed by atoms with Gasteiger partial charge >= 0.3 is 6.18 Å². The number of nitrogens with one attached hydrogen (secondary N) is 1. The lowest BCUT2D eigenvalue weighted by Crippen LogP contribution is -2.53. The fourth-order valence-corrected chi connectivity index (χ4v) is 1.39. The Kier molecular flexibility index (Phi) is 3.79. The molecule has 0 saturated carbocycles. The van der Waals surface area contributed by atoms with Crippen molar-refractivity contribution < 1.29 is 22.4 Å². The van der Waals surface area contributed by atoms with Gasteiger partial charge in [0.2, 0.25) is 5.91 Å². The Bertz CT molecular complexity index is 452. The van der Waals surface area contributed by atoms with Crippen LogP contribution < -0.4 is 5.32 Å². The van der Waals surface area contributed by atoms with Crippen LogP contribution in [0.15, 0.2) is 36.9 Å². The highest BCUT2D eigenvalue weighted by atomic mass is 19.4. The van der Waals surface area contributed by atoms with Crippen LogP contribution in [0.2, 0.25) is 0 Å². The molecule has 0 bridgehead atoms. The zero-order valence-electron chi connectivity index (χ0n) is 9.51. The maximum Gasteiger partial charge on any atom is 0.415 e. The third kappa shape index (κ3) is 2.69. The minimum Gasteiger partial charge on any atom is -0.335 e. The topological polar surface area (TPSA) is 29.1 Å². The quantitative estimate of drug-likeness (QED) is 0.658. The van der Waals surface area contributed by atoms with Crippen molar-refractivity contribution in [2.45, 2.75) is 18.6 Å². The second-order valence-electron chi connectivity index (χ2n) is 3.82. The number of amides is 1. The Hall–Kier alpha value is -1.85. The fourth-order valence-electron chi connectivity index (χ4n) is 1.39. The predicted molar refractivity (Wildman–Crippen MR) is 58.1 cm³/mol. The van der Waals surface area contributed by atoms with E-state index in [4.69, 9.17) is 0 Å². The van der Waals surface area contributed by atoms with Crippen LogP contribution in [0.3, 0.4) is 0 Å². The van der Waals surface area contributed by atoms with Crippen LogP contribution in [0.5, 0.6) is 0 Å². The number of hydrogen-bond donors (Lipinski definition) is 1. The maximum atomic E-state index is 13.0. The molecule has 1 rings (SSSR count). The summed E-state index contributed by atoms with van der Waals surface area (Å²) in [6.45, 7) is 3.90. The van der Waals surface area contributed by atoms with Gasteiger partial charge in [-0.05, 0) is 30.7 Å². The summed E-state index contributed by atoms with van der Waals surface area (Å²) in [6.07, 6.45) is -3.98. The molecule has 1 unspecified atom stereocenters. The zero-order valence-corrected chi connectivity index (χ0v) is 9.51. The van der Waals surface area contributed by atoms with Gasteiger partial charge in [0.25, 0.3) is 0 Å². The number of halogens is 4. The summed E-state index contributed by atoms with van der Waals surface area (Å²) < 4.78 is 51.8. The third-order valence-corrected chi connectivity index (χ3v) is 2.55. The van der Waals surface area contributed by atoms with Crippen molar-refractivity contribution in [1.29, 1.82) is 0 Å². The average Bonchev–Trinajstić information content (AvgIpc) is 2.28. The number of carbonyl (C=O) groups is 1. The smallest absolute Gasteiger partial charge is 0.335 e. The highest BCUT2D eigenvalue weighted by molar-refractivity contribution is 5.87. The summed E-state index contributed by atoms with van der Waals surface area (Å²) in [5.41, 5.74) is -2.85. The van der Waals surface area contributed by atoms with E-state index in [1.54, 1.807) is 0 Å². The van der Waals surface area contributed by atoms with E-state index in [1.165, 1.54) is 0 Å². The van der Waals surface area contributed by atoms with Crippen LogP contribution in [0, 0.1) is 5.82 Å². The SMILES string of the molecule is C=CC(=O)NC(C)(c1ccc(F)cc1)C(F)(F)F. The van der Waals surface area contributed by atoms with Crippen molar-refractivity contribution >= 4 is 5.91 Å². The van der Waals surface area contributed by atoms with Crippen molar-refractivity contribution in [2.24, 2.45) is 0 Å². The van der Waals surface area contributed by atoms with E-state index in [0.717, 1.165) is 37.3 Å². The Labute approximate surface area is 101 Å². The van der Waals surface area contributed by atoms with Crippen molar-refractivity contribution in [2.75, 3.05) is 0 Å². The minimum atomic E-state index is -4.72. The summed E-state index contributed by atoms with van der Waals surface area (Å²) in [6, 6.07) is 3.76. The molecule has 0 aromatic heterocycles. The first-order chi connectivity index (χ1) is 8.20. The molecule has 0 saturated heterocycles. The van der Waals surface area contributed by atoms with Gasteiger partial charge in [0.05, 0.1) is 0 Å². The average molecular weight is 261 g/mol. The van der Waals surface area contributed by atoms with E-state index in [9.17, 15) is 22.4 Å². The molecule has 0 radical (unpaired) electrons. The van der Waals surface area contributed by atoms with E-state index in [0.29, 0.717) is 0 Å². The van der Waals surface area contributed by atoms with E-state index in [2.05, 4.69) is 6.58 Å². The Morgan fingerprint density at radius 1 is 1.28 bits per heavy atom. The summed E-state index contributed by atoms with van der Waals surface area (Å²) in [7, 11) is 0. The summed E-state index contributed by atoms with van der Waals surface area (Å²) >= 11 is 0. The molecular weight excluding hydrogens is 250 g/mol. The lowest BCUT2D eigenvalue weighted by Gasteiger charge is -2.33. The molecule has 1 amide bonds. The first kappa shape index (κ1) is 14.2. The molecule has 0 spiro atoms. The van der Waals surface area contributed by atoms with Crippen molar-refractivity contribution in [3.05, 3.63) is 48.3 Å². The second-order valence-corrected chi connectivity index (χ2v) is 3.82. The molecule has 6 heteroatoms. The highest BCUT2D eigenvalue weighted by Gasteiger charge is 2.53. The Morgan fingerprint density at radius 3 is 2.17 bits per heavy atom. The molecule has 1 atom stereocenters. The van der Waals surface area contributed by atoms with Gasteiger partial charge in [0, 0.05) is 0 Å². The maximum absolute atomic E-state index is 13.0. The van der Waals surface area contributed by atoms with Crippen LogP contribution in [0.4, 0.5) is 17.6 Å². The summed E-state index contributed by atoms with van der Waals surface area (Å²) in [5, 5.41) is 1.81. The van der Waals surface area contributed by atoms with Gasteiger partial charge in [-0.1, -0.05) is 18.7 Å². The van der Waals surface area contributed by atoms with Gasteiger partial charge in [0.15, 0.2) is 5.54 Å². The number of alkyl halides is 3. The molecule has 98 valence electrons.